The van der Waals surface area contributed by atoms with Crippen LogP contribution in [0.15, 0.2) is 32.1 Å². The molecule has 1 amide bonds. The van der Waals surface area contributed by atoms with Crippen LogP contribution < -0.4 is 5.32 Å². The number of hydrogen-bond donors (Lipinski definition) is 1. The highest BCUT2D eigenvalue weighted by Crippen LogP contribution is 2.22. The maximum atomic E-state index is 11.8. The lowest BCUT2D eigenvalue weighted by Crippen LogP contribution is -2.13. The van der Waals surface area contributed by atoms with Gasteiger partial charge in [0.15, 0.2) is 5.82 Å². The minimum absolute atomic E-state index is 0.0312. The molecule has 0 aliphatic heterocycles. The molecule has 2 aromatic rings. The molecule has 88 valence electrons. The van der Waals surface area contributed by atoms with Crippen LogP contribution in [-0.2, 0) is 0 Å². The van der Waals surface area contributed by atoms with E-state index < -0.39 is 5.91 Å². The molecule has 2 heterocycles. The van der Waals surface area contributed by atoms with Crippen LogP contribution in [0.1, 0.15) is 10.4 Å². The summed E-state index contributed by atoms with van der Waals surface area (Å²) < 4.78 is 5.80. The summed E-state index contributed by atoms with van der Waals surface area (Å²) in [5.74, 6) is -0.114. The van der Waals surface area contributed by atoms with Gasteiger partial charge < -0.3 is 9.73 Å². The summed E-state index contributed by atoms with van der Waals surface area (Å²) in [5, 5.41) is 2.59. The summed E-state index contributed by atoms with van der Waals surface area (Å²) in [5.41, 5.74) is 0.239. The molecule has 5 nitrogen and oxygen atoms in total. The first-order valence-corrected chi connectivity index (χ1v) is 6.26. The lowest BCUT2D eigenvalue weighted by molar-refractivity contribution is 0.102. The minimum atomic E-state index is -0.416. The number of anilines is 1. The number of nitrogens with one attached hydrogen (secondary N) is 1. The van der Waals surface area contributed by atoms with E-state index in [0.717, 1.165) is 0 Å². The van der Waals surface area contributed by atoms with Gasteiger partial charge in [-0.2, -0.15) is 0 Å². The number of amides is 1. The van der Waals surface area contributed by atoms with Gasteiger partial charge in [0.05, 0.1) is 18.0 Å². The molecule has 0 saturated carbocycles. The van der Waals surface area contributed by atoms with Gasteiger partial charge in [0, 0.05) is 0 Å². The first-order valence-electron chi connectivity index (χ1n) is 4.30. The lowest BCUT2D eigenvalue weighted by atomic mass is 10.3. The standard InChI is InChI=1S/C9H4Br2ClN3O2/c10-5-3-13-8(6(11)14-5)15-9(16)4-1-2-17-7(4)12/h1-3H,(H,13,15,16). The largest absolute Gasteiger partial charge is 0.452 e. The normalized spacial score (nSPS) is 10.3. The molecule has 0 atom stereocenters. The van der Waals surface area contributed by atoms with Gasteiger partial charge in [0.25, 0.3) is 5.91 Å². The second-order valence-corrected chi connectivity index (χ2v) is 4.80. The van der Waals surface area contributed by atoms with E-state index in [9.17, 15) is 4.79 Å². The number of furan rings is 1. The molecule has 2 rings (SSSR count). The van der Waals surface area contributed by atoms with E-state index in [2.05, 4.69) is 47.1 Å². The lowest BCUT2D eigenvalue weighted by Gasteiger charge is -2.04. The number of rotatable bonds is 2. The molecule has 2 aromatic heterocycles. The third-order valence-electron chi connectivity index (χ3n) is 1.80. The monoisotopic (exact) mass is 379 g/mol. The SMILES string of the molecule is O=C(Nc1ncc(Br)nc1Br)c1ccoc1Cl. The number of aromatic nitrogens is 2. The molecule has 8 heteroatoms. The Hall–Kier alpha value is -0.920. The van der Waals surface area contributed by atoms with E-state index >= 15 is 0 Å². The van der Waals surface area contributed by atoms with Crippen molar-refractivity contribution in [2.24, 2.45) is 0 Å². The topological polar surface area (TPSA) is 68.0 Å². The zero-order chi connectivity index (χ0) is 12.4. The highest BCUT2D eigenvalue weighted by Gasteiger charge is 2.15. The second kappa shape index (κ2) is 5.16. The quantitative estimate of drug-likeness (QED) is 0.865. The van der Waals surface area contributed by atoms with Gasteiger partial charge in [0.2, 0.25) is 5.22 Å². The van der Waals surface area contributed by atoms with Gasteiger partial charge in [-0.3, -0.25) is 4.79 Å². The average molecular weight is 381 g/mol. The van der Waals surface area contributed by atoms with Gasteiger partial charge in [-0.1, -0.05) is 0 Å². The fourth-order valence-electron chi connectivity index (χ4n) is 1.06. The molecule has 1 N–H and O–H groups in total. The Bertz CT molecular complexity index is 573. The van der Waals surface area contributed by atoms with E-state index in [1.807, 2.05) is 0 Å². The molecule has 0 saturated heterocycles. The predicted molar refractivity (Wildman–Crippen MR) is 69.1 cm³/mol. The maximum absolute atomic E-state index is 11.8. The van der Waals surface area contributed by atoms with Crippen LogP contribution in [0.3, 0.4) is 0 Å². The van der Waals surface area contributed by atoms with Crippen LogP contribution >= 0.6 is 43.5 Å². The third kappa shape index (κ3) is 2.85. The van der Waals surface area contributed by atoms with Crippen molar-refractivity contribution in [3.8, 4) is 0 Å². The van der Waals surface area contributed by atoms with Crippen LogP contribution in [0.2, 0.25) is 5.22 Å². The fourth-order valence-corrected chi connectivity index (χ4v) is 2.17. The van der Waals surface area contributed by atoms with Gasteiger partial charge in [0.1, 0.15) is 9.21 Å². The Morgan fingerprint density at radius 3 is 2.82 bits per heavy atom. The van der Waals surface area contributed by atoms with E-state index in [0.29, 0.717) is 15.0 Å². The molecule has 0 aromatic carbocycles. The van der Waals surface area contributed by atoms with Crippen molar-refractivity contribution in [1.82, 2.24) is 9.97 Å². The van der Waals surface area contributed by atoms with Crippen molar-refractivity contribution < 1.29 is 9.21 Å². The van der Waals surface area contributed by atoms with E-state index in [1.54, 1.807) is 0 Å². The van der Waals surface area contributed by atoms with Crippen molar-refractivity contribution in [3.05, 3.63) is 38.5 Å². The van der Waals surface area contributed by atoms with E-state index in [-0.39, 0.29) is 10.8 Å². The first-order chi connectivity index (χ1) is 8.08. The number of halogens is 3. The van der Waals surface area contributed by atoms with Crippen LogP contribution in [-0.4, -0.2) is 15.9 Å². The van der Waals surface area contributed by atoms with Crippen LogP contribution in [0.25, 0.3) is 0 Å². The molecular weight excluding hydrogens is 377 g/mol. The summed E-state index contributed by atoms with van der Waals surface area (Å²) in [6.45, 7) is 0. The van der Waals surface area contributed by atoms with Crippen LogP contribution in [0.4, 0.5) is 5.82 Å². The van der Waals surface area contributed by atoms with Gasteiger partial charge in [-0.25, -0.2) is 9.97 Å². The van der Waals surface area contributed by atoms with Gasteiger partial charge >= 0.3 is 0 Å². The van der Waals surface area contributed by atoms with Crippen LogP contribution in [0, 0.1) is 0 Å². The number of carbonyl (C=O) groups is 1. The smallest absolute Gasteiger partial charge is 0.261 e. The molecule has 17 heavy (non-hydrogen) atoms. The highest BCUT2D eigenvalue weighted by molar-refractivity contribution is 9.11. The highest BCUT2D eigenvalue weighted by atomic mass is 79.9. The van der Waals surface area contributed by atoms with Crippen molar-refractivity contribution >= 4 is 55.2 Å². The fraction of sp³-hybridized carbons (Fsp3) is 0. The molecule has 0 fully saturated rings. The number of carbonyl (C=O) groups excluding carboxylic acids is 1. The zero-order valence-corrected chi connectivity index (χ0v) is 12.0. The Morgan fingerprint density at radius 1 is 1.47 bits per heavy atom. The summed E-state index contributed by atoms with van der Waals surface area (Å²) in [4.78, 5) is 19.8. The molecule has 0 aliphatic rings. The molecule has 0 unspecified atom stereocenters. The Labute approximate surface area is 118 Å². The summed E-state index contributed by atoms with van der Waals surface area (Å²) in [7, 11) is 0. The second-order valence-electron chi connectivity index (χ2n) is 2.89. The molecule has 0 spiro atoms. The third-order valence-corrected chi connectivity index (χ3v) is 3.02. The van der Waals surface area contributed by atoms with Crippen molar-refractivity contribution in [2.75, 3.05) is 5.32 Å². The van der Waals surface area contributed by atoms with Crippen molar-refractivity contribution in [2.45, 2.75) is 0 Å². The maximum Gasteiger partial charge on any atom is 0.261 e. The van der Waals surface area contributed by atoms with Gasteiger partial charge in [-0.05, 0) is 49.5 Å². The summed E-state index contributed by atoms with van der Waals surface area (Å²) >= 11 is 12.0. The molecule has 0 bridgehead atoms. The Kier molecular flexibility index (Phi) is 3.80. The molecular formula is C9H4Br2ClN3O2. The van der Waals surface area contributed by atoms with Gasteiger partial charge in [-0.15, -0.1) is 0 Å². The Balaban J connectivity index is 2.22. The summed E-state index contributed by atoms with van der Waals surface area (Å²) in [6.07, 6.45) is 2.80. The predicted octanol–water partition coefficient (Wildman–Crippen LogP) is 3.50. The zero-order valence-electron chi connectivity index (χ0n) is 8.08. The van der Waals surface area contributed by atoms with Crippen molar-refractivity contribution in [3.63, 3.8) is 0 Å². The minimum Gasteiger partial charge on any atom is -0.452 e. The van der Waals surface area contributed by atoms with Crippen LogP contribution in [0.5, 0.6) is 0 Å². The summed E-state index contributed by atoms with van der Waals surface area (Å²) in [6, 6.07) is 1.47. The van der Waals surface area contributed by atoms with Crippen molar-refractivity contribution in [1.29, 1.82) is 0 Å². The van der Waals surface area contributed by atoms with E-state index in [4.69, 9.17) is 16.0 Å². The molecule has 0 radical (unpaired) electrons. The molecule has 0 aliphatic carbocycles. The number of nitrogens with zero attached hydrogens (tertiary/aromatic N) is 2. The first kappa shape index (κ1) is 12.5. The van der Waals surface area contributed by atoms with E-state index in [1.165, 1.54) is 18.5 Å². The Morgan fingerprint density at radius 2 is 2.24 bits per heavy atom. The number of hydrogen-bond acceptors (Lipinski definition) is 4. The average Bonchev–Trinajstić information content (AvgIpc) is 2.68.